The summed E-state index contributed by atoms with van der Waals surface area (Å²) in [5.74, 6) is 0.454. The molecule has 1 N–H and O–H groups in total. The summed E-state index contributed by atoms with van der Waals surface area (Å²) in [5.41, 5.74) is 2.11. The number of carbonyl (C=O) groups is 2. The lowest BCUT2D eigenvalue weighted by Crippen LogP contribution is -2.52. The van der Waals surface area contributed by atoms with Crippen LogP contribution in [0.2, 0.25) is 0 Å². The summed E-state index contributed by atoms with van der Waals surface area (Å²) in [5, 5.41) is 11.8. The van der Waals surface area contributed by atoms with Gasteiger partial charge in [0.1, 0.15) is 11.6 Å². The van der Waals surface area contributed by atoms with Crippen LogP contribution in [0.25, 0.3) is 0 Å². The lowest BCUT2D eigenvalue weighted by Gasteiger charge is -2.34. The summed E-state index contributed by atoms with van der Waals surface area (Å²) in [7, 11) is 0. The Labute approximate surface area is 196 Å². The van der Waals surface area contributed by atoms with E-state index < -0.39 is 17.7 Å². The van der Waals surface area contributed by atoms with E-state index in [1.807, 2.05) is 23.1 Å². The molecule has 6 nitrogen and oxygen atoms in total. The molecule has 2 aromatic carbocycles. The summed E-state index contributed by atoms with van der Waals surface area (Å²) in [4.78, 5) is 27.7. The second-order valence-corrected chi connectivity index (χ2v) is 9.67. The van der Waals surface area contributed by atoms with Crippen molar-refractivity contribution in [2.45, 2.75) is 58.1 Å². The molecule has 0 saturated carbocycles. The fourth-order valence-corrected chi connectivity index (χ4v) is 4.13. The summed E-state index contributed by atoms with van der Waals surface area (Å²) < 4.78 is 5.40. The summed E-state index contributed by atoms with van der Waals surface area (Å²) in [6.45, 7) is 6.73. The molecule has 0 radical (unpaired) electrons. The Hall–Kier alpha value is -3.33. The number of nitrogens with one attached hydrogen (secondary N) is 1. The van der Waals surface area contributed by atoms with E-state index in [1.165, 1.54) is 5.56 Å². The van der Waals surface area contributed by atoms with E-state index in [2.05, 4.69) is 35.7 Å². The SMILES string of the molecule is CC(C)(C)OC(=O)NC(Cc1ccc(C#N)cc1)C(=O)N1CCC(Cc2ccccc2)CC1. The molecule has 1 unspecified atom stereocenters. The maximum absolute atomic E-state index is 13.4. The second-order valence-electron chi connectivity index (χ2n) is 9.67. The zero-order valence-corrected chi connectivity index (χ0v) is 19.7. The third-order valence-corrected chi connectivity index (χ3v) is 5.81. The molecule has 2 amide bonds. The van der Waals surface area contributed by atoms with E-state index in [4.69, 9.17) is 10.00 Å². The van der Waals surface area contributed by atoms with Crippen LogP contribution in [0.1, 0.15) is 50.3 Å². The average Bonchev–Trinajstić information content (AvgIpc) is 2.78. The maximum atomic E-state index is 13.4. The Balaban J connectivity index is 1.64. The predicted molar refractivity (Wildman–Crippen MR) is 127 cm³/mol. The fraction of sp³-hybridized carbons (Fsp3) is 0.444. The summed E-state index contributed by atoms with van der Waals surface area (Å²) in [6.07, 6.45) is 2.64. The number of alkyl carbamates (subject to hydrolysis) is 1. The number of rotatable bonds is 6. The lowest BCUT2D eigenvalue weighted by molar-refractivity contribution is -0.134. The summed E-state index contributed by atoms with van der Waals surface area (Å²) in [6, 6.07) is 18.9. The average molecular weight is 448 g/mol. The minimum absolute atomic E-state index is 0.0941. The second kappa shape index (κ2) is 11.0. The van der Waals surface area contributed by atoms with Crippen LogP contribution >= 0.6 is 0 Å². The molecule has 2 aromatic rings. The number of hydrogen-bond acceptors (Lipinski definition) is 4. The van der Waals surface area contributed by atoms with Gasteiger partial charge in [-0.1, -0.05) is 42.5 Å². The maximum Gasteiger partial charge on any atom is 0.408 e. The van der Waals surface area contributed by atoms with E-state index in [0.29, 0.717) is 31.0 Å². The van der Waals surface area contributed by atoms with Crippen LogP contribution < -0.4 is 5.32 Å². The Kier molecular flexibility index (Phi) is 8.11. The number of ether oxygens (including phenoxy) is 1. The van der Waals surface area contributed by atoms with Crippen LogP contribution in [-0.4, -0.2) is 41.6 Å². The molecule has 1 aliphatic heterocycles. The van der Waals surface area contributed by atoms with E-state index >= 15 is 0 Å². The molecule has 1 fully saturated rings. The first kappa shape index (κ1) is 24.3. The van der Waals surface area contributed by atoms with Gasteiger partial charge in [0.2, 0.25) is 5.91 Å². The van der Waals surface area contributed by atoms with E-state index in [1.54, 1.807) is 32.9 Å². The molecule has 174 valence electrons. The largest absolute Gasteiger partial charge is 0.444 e. The van der Waals surface area contributed by atoms with Crippen molar-refractivity contribution < 1.29 is 14.3 Å². The van der Waals surface area contributed by atoms with Crippen LogP contribution in [0.3, 0.4) is 0 Å². The van der Waals surface area contributed by atoms with Crippen molar-refractivity contribution in [2.24, 2.45) is 5.92 Å². The zero-order chi connectivity index (χ0) is 23.8. The number of amides is 2. The van der Waals surface area contributed by atoms with Gasteiger partial charge in [-0.3, -0.25) is 4.79 Å². The Morgan fingerprint density at radius 2 is 1.70 bits per heavy atom. The topological polar surface area (TPSA) is 82.4 Å². The van der Waals surface area contributed by atoms with Crippen molar-refractivity contribution in [3.63, 3.8) is 0 Å². The summed E-state index contributed by atoms with van der Waals surface area (Å²) >= 11 is 0. The van der Waals surface area contributed by atoms with Gasteiger partial charge >= 0.3 is 6.09 Å². The lowest BCUT2D eigenvalue weighted by atomic mass is 9.90. The third-order valence-electron chi connectivity index (χ3n) is 5.81. The van der Waals surface area contributed by atoms with Gasteiger partial charge in [-0.15, -0.1) is 0 Å². The molecule has 1 saturated heterocycles. The van der Waals surface area contributed by atoms with Crippen molar-refractivity contribution in [3.05, 3.63) is 71.3 Å². The number of nitriles is 1. The van der Waals surface area contributed by atoms with Crippen LogP contribution in [0.4, 0.5) is 4.79 Å². The number of carbonyl (C=O) groups excluding carboxylic acids is 2. The number of piperidine rings is 1. The molecule has 0 aliphatic carbocycles. The molecule has 1 heterocycles. The van der Waals surface area contributed by atoms with Crippen molar-refractivity contribution in [1.82, 2.24) is 10.2 Å². The molecular formula is C27H33N3O3. The molecule has 33 heavy (non-hydrogen) atoms. The highest BCUT2D eigenvalue weighted by molar-refractivity contribution is 5.86. The van der Waals surface area contributed by atoms with Gasteiger partial charge in [-0.05, 0) is 69.2 Å². The number of benzene rings is 2. The van der Waals surface area contributed by atoms with Crippen LogP contribution in [0.5, 0.6) is 0 Å². The van der Waals surface area contributed by atoms with E-state index in [9.17, 15) is 9.59 Å². The Bertz CT molecular complexity index is 966. The van der Waals surface area contributed by atoms with Crippen LogP contribution in [-0.2, 0) is 22.4 Å². The molecule has 1 aliphatic rings. The number of likely N-dealkylation sites (tertiary alicyclic amines) is 1. The minimum Gasteiger partial charge on any atom is -0.444 e. The van der Waals surface area contributed by atoms with Crippen molar-refractivity contribution >= 4 is 12.0 Å². The predicted octanol–water partition coefficient (Wildman–Crippen LogP) is 4.48. The van der Waals surface area contributed by atoms with Crippen molar-refractivity contribution in [3.8, 4) is 6.07 Å². The van der Waals surface area contributed by atoms with E-state index in [0.717, 1.165) is 24.8 Å². The first-order valence-corrected chi connectivity index (χ1v) is 11.5. The van der Waals surface area contributed by atoms with Crippen molar-refractivity contribution in [2.75, 3.05) is 13.1 Å². The van der Waals surface area contributed by atoms with E-state index in [-0.39, 0.29) is 5.91 Å². The number of nitrogens with zero attached hydrogens (tertiary/aromatic N) is 2. The molecule has 1 atom stereocenters. The Morgan fingerprint density at radius 3 is 2.27 bits per heavy atom. The molecule has 0 aromatic heterocycles. The van der Waals surface area contributed by atoms with Gasteiger partial charge in [-0.25, -0.2) is 4.79 Å². The van der Waals surface area contributed by atoms with Crippen LogP contribution in [0.15, 0.2) is 54.6 Å². The molecule has 0 spiro atoms. The Morgan fingerprint density at radius 1 is 1.06 bits per heavy atom. The smallest absolute Gasteiger partial charge is 0.408 e. The zero-order valence-electron chi connectivity index (χ0n) is 19.7. The monoisotopic (exact) mass is 447 g/mol. The molecular weight excluding hydrogens is 414 g/mol. The van der Waals surface area contributed by atoms with Gasteiger partial charge < -0.3 is 15.0 Å². The molecule has 6 heteroatoms. The van der Waals surface area contributed by atoms with Crippen molar-refractivity contribution in [1.29, 1.82) is 5.26 Å². The standard InChI is InChI=1S/C27H33N3O3/c1-27(2,3)33-26(32)29-24(18-21-9-11-23(19-28)12-10-21)25(31)30-15-13-22(14-16-30)17-20-7-5-4-6-8-20/h4-12,22,24H,13-18H2,1-3H3,(H,29,32). The minimum atomic E-state index is -0.724. The van der Waals surface area contributed by atoms with Gasteiger partial charge in [0.05, 0.1) is 11.6 Å². The molecule has 3 rings (SSSR count). The first-order valence-electron chi connectivity index (χ1n) is 11.5. The highest BCUT2D eigenvalue weighted by Gasteiger charge is 2.31. The highest BCUT2D eigenvalue weighted by Crippen LogP contribution is 2.23. The molecule has 0 bridgehead atoms. The highest BCUT2D eigenvalue weighted by atomic mass is 16.6. The normalized spacial score (nSPS) is 15.4. The number of hydrogen-bond donors (Lipinski definition) is 1. The van der Waals surface area contributed by atoms with Gasteiger partial charge in [-0.2, -0.15) is 5.26 Å². The van der Waals surface area contributed by atoms with Gasteiger partial charge in [0, 0.05) is 19.5 Å². The quantitative estimate of drug-likeness (QED) is 0.708. The fourth-order valence-electron chi connectivity index (χ4n) is 4.13. The van der Waals surface area contributed by atoms with Gasteiger partial charge in [0.25, 0.3) is 0 Å². The first-order chi connectivity index (χ1) is 15.7. The van der Waals surface area contributed by atoms with Gasteiger partial charge in [0.15, 0.2) is 0 Å². The van der Waals surface area contributed by atoms with Crippen LogP contribution in [0, 0.1) is 17.2 Å². The third kappa shape index (κ3) is 7.64.